The molecule has 1 rings (SSSR count). The van der Waals surface area contributed by atoms with Crippen LogP contribution in [0.1, 0.15) is 12.8 Å². The predicted molar refractivity (Wildman–Crippen MR) is 50.5 cm³/mol. The van der Waals surface area contributed by atoms with Gasteiger partial charge in [-0.25, -0.2) is 9.18 Å². The minimum absolute atomic E-state index is 0.601. The predicted octanol–water partition coefficient (Wildman–Crippen LogP) is 1.72. The van der Waals surface area contributed by atoms with Crippen LogP contribution in [0.2, 0.25) is 0 Å². The summed E-state index contributed by atoms with van der Waals surface area (Å²) < 4.78 is 76.0. The molecule has 1 aliphatic rings. The average Bonchev–Trinajstić information content (AvgIpc) is 2.34. The molecule has 0 aromatic heterocycles. The van der Waals surface area contributed by atoms with E-state index in [1.54, 1.807) is 0 Å². The van der Waals surface area contributed by atoms with Crippen LogP contribution in [0.15, 0.2) is 0 Å². The molecule has 0 aromatic rings. The molecule has 0 amide bonds. The van der Waals surface area contributed by atoms with Crippen LogP contribution in [0.5, 0.6) is 0 Å². The van der Waals surface area contributed by atoms with Crippen LogP contribution in [0, 0.1) is 5.92 Å². The molecule has 0 aromatic carbocycles. The number of hydrogen-bond donors (Lipinski definition) is 0. The summed E-state index contributed by atoms with van der Waals surface area (Å²) >= 11 is 0. The second kappa shape index (κ2) is 4.61. The fourth-order valence-corrected chi connectivity index (χ4v) is 1.96. The van der Waals surface area contributed by atoms with Gasteiger partial charge in [0.25, 0.3) is 5.67 Å². The summed E-state index contributed by atoms with van der Waals surface area (Å²) in [5.41, 5.74) is -4.17. The molecule has 0 radical (unpaired) electrons. The summed E-state index contributed by atoms with van der Waals surface area (Å²) in [6.07, 6.45) is -2.22. The lowest BCUT2D eigenvalue weighted by molar-refractivity contribution is -0.307. The van der Waals surface area contributed by atoms with E-state index in [0.29, 0.717) is 7.11 Å². The third kappa shape index (κ3) is 1.95. The molecule has 0 heterocycles. The van der Waals surface area contributed by atoms with Gasteiger partial charge in [0.05, 0.1) is 14.2 Å². The van der Waals surface area contributed by atoms with Crippen molar-refractivity contribution in [1.29, 1.82) is 0 Å². The number of esters is 2. The lowest BCUT2D eigenvalue weighted by Crippen LogP contribution is -2.67. The van der Waals surface area contributed by atoms with Crippen molar-refractivity contribution in [3.05, 3.63) is 0 Å². The Labute approximate surface area is 104 Å². The number of methoxy groups -OCH3 is 2. The van der Waals surface area contributed by atoms with E-state index in [1.807, 2.05) is 0 Å². The van der Waals surface area contributed by atoms with Crippen LogP contribution in [0.4, 0.5) is 22.0 Å². The second-order valence-electron chi connectivity index (χ2n) is 4.10. The lowest BCUT2D eigenvalue weighted by atomic mass is 9.74. The van der Waals surface area contributed by atoms with Gasteiger partial charge in [-0.3, -0.25) is 4.79 Å². The number of rotatable bonds is 2. The Balaban J connectivity index is 3.25. The first-order valence-electron chi connectivity index (χ1n) is 5.17. The largest absolute Gasteiger partial charge is 0.469 e. The van der Waals surface area contributed by atoms with Gasteiger partial charge in [-0.1, -0.05) is 0 Å². The molecule has 1 saturated carbocycles. The van der Waals surface area contributed by atoms with Crippen molar-refractivity contribution in [3.8, 4) is 0 Å². The monoisotopic (exact) mass is 290 g/mol. The molecule has 110 valence electrons. The van der Waals surface area contributed by atoms with Gasteiger partial charge in [0, 0.05) is 0 Å². The minimum Gasteiger partial charge on any atom is -0.469 e. The van der Waals surface area contributed by atoms with E-state index in [9.17, 15) is 31.5 Å². The first kappa shape index (κ1) is 15.6. The van der Waals surface area contributed by atoms with Gasteiger partial charge in [0.15, 0.2) is 0 Å². The summed E-state index contributed by atoms with van der Waals surface area (Å²) in [5, 5.41) is 0. The first-order chi connectivity index (χ1) is 8.56. The fourth-order valence-electron chi connectivity index (χ4n) is 1.96. The molecule has 4 nitrogen and oxygen atoms in total. The maximum atomic E-state index is 13.9. The average molecular weight is 290 g/mol. The topological polar surface area (TPSA) is 52.6 Å². The van der Waals surface area contributed by atoms with E-state index in [0.717, 1.165) is 7.11 Å². The Kier molecular flexibility index (Phi) is 3.79. The van der Waals surface area contributed by atoms with Crippen LogP contribution < -0.4 is 0 Å². The molecule has 0 saturated heterocycles. The minimum atomic E-state index is -5.37. The molecule has 0 aliphatic heterocycles. The summed E-state index contributed by atoms with van der Waals surface area (Å²) in [6, 6.07) is 0. The molecule has 0 N–H and O–H groups in total. The number of halogens is 5. The molecule has 19 heavy (non-hydrogen) atoms. The zero-order valence-electron chi connectivity index (χ0n) is 10.0. The van der Waals surface area contributed by atoms with Crippen LogP contribution in [0.25, 0.3) is 0 Å². The summed E-state index contributed by atoms with van der Waals surface area (Å²) in [6.45, 7) is 0. The highest BCUT2D eigenvalue weighted by atomic mass is 19.3. The van der Waals surface area contributed by atoms with E-state index in [4.69, 9.17) is 0 Å². The number of alkyl halides is 5. The summed E-state index contributed by atoms with van der Waals surface area (Å²) in [5.74, 6) is -16.6. The van der Waals surface area contributed by atoms with Gasteiger partial charge >= 0.3 is 23.8 Å². The zero-order valence-corrected chi connectivity index (χ0v) is 10.0. The van der Waals surface area contributed by atoms with Gasteiger partial charge in [0.2, 0.25) is 0 Å². The van der Waals surface area contributed by atoms with Gasteiger partial charge < -0.3 is 9.47 Å². The smallest absolute Gasteiger partial charge is 0.355 e. The zero-order chi connectivity index (χ0) is 15.1. The van der Waals surface area contributed by atoms with Crippen molar-refractivity contribution < 1.29 is 41.0 Å². The quantitative estimate of drug-likeness (QED) is 0.574. The highest BCUT2D eigenvalue weighted by Gasteiger charge is 2.79. The molecule has 2 atom stereocenters. The third-order valence-electron chi connectivity index (χ3n) is 3.13. The Morgan fingerprint density at radius 1 is 1.05 bits per heavy atom. The van der Waals surface area contributed by atoms with Crippen molar-refractivity contribution in [2.45, 2.75) is 30.4 Å². The Morgan fingerprint density at radius 3 is 2.00 bits per heavy atom. The van der Waals surface area contributed by atoms with E-state index in [2.05, 4.69) is 9.47 Å². The van der Waals surface area contributed by atoms with Crippen molar-refractivity contribution in [1.82, 2.24) is 0 Å². The van der Waals surface area contributed by atoms with Crippen molar-refractivity contribution >= 4 is 11.9 Å². The Morgan fingerprint density at radius 2 is 1.58 bits per heavy atom. The normalized spacial score (nSPS) is 32.5. The standard InChI is InChI=1S/C10H11F5O4/c1-18-6(16)5-3-4-8(11,7(17)19-2)10(14,15)9(5,12)13/h5H,3-4H2,1-2H3/t5-,8-/m0/s1. The third-order valence-corrected chi connectivity index (χ3v) is 3.13. The lowest BCUT2D eigenvalue weighted by Gasteiger charge is -2.43. The number of carbonyl (C=O) groups is 2. The second-order valence-corrected chi connectivity index (χ2v) is 4.10. The van der Waals surface area contributed by atoms with E-state index >= 15 is 0 Å². The first-order valence-corrected chi connectivity index (χ1v) is 5.17. The Hall–Kier alpha value is -1.41. The molecule has 9 heteroatoms. The summed E-state index contributed by atoms with van der Waals surface area (Å²) in [4.78, 5) is 22.1. The van der Waals surface area contributed by atoms with Gasteiger partial charge in [-0.05, 0) is 12.8 Å². The van der Waals surface area contributed by atoms with Crippen LogP contribution in [-0.2, 0) is 19.1 Å². The van der Waals surface area contributed by atoms with E-state index in [-0.39, 0.29) is 0 Å². The molecular formula is C10H11F5O4. The molecular weight excluding hydrogens is 279 g/mol. The highest BCUT2D eigenvalue weighted by Crippen LogP contribution is 2.56. The van der Waals surface area contributed by atoms with Gasteiger partial charge in [-0.2, -0.15) is 17.6 Å². The SMILES string of the molecule is COC(=O)[C@@H]1CC[C@](F)(C(=O)OC)C(F)(F)C1(F)F. The van der Waals surface area contributed by atoms with Crippen molar-refractivity contribution in [2.24, 2.45) is 5.92 Å². The van der Waals surface area contributed by atoms with Crippen molar-refractivity contribution in [3.63, 3.8) is 0 Å². The van der Waals surface area contributed by atoms with E-state index in [1.165, 1.54) is 0 Å². The van der Waals surface area contributed by atoms with Gasteiger partial charge in [-0.15, -0.1) is 0 Å². The Bertz CT molecular complexity index is 397. The van der Waals surface area contributed by atoms with E-state index < -0.39 is 48.2 Å². The maximum absolute atomic E-state index is 13.9. The van der Waals surface area contributed by atoms with Crippen molar-refractivity contribution in [2.75, 3.05) is 14.2 Å². The highest BCUT2D eigenvalue weighted by molar-refractivity contribution is 5.83. The molecule has 0 spiro atoms. The summed E-state index contributed by atoms with van der Waals surface area (Å²) in [7, 11) is 1.35. The fraction of sp³-hybridized carbons (Fsp3) is 0.800. The molecule has 1 aliphatic carbocycles. The van der Waals surface area contributed by atoms with Crippen LogP contribution >= 0.6 is 0 Å². The molecule has 1 fully saturated rings. The molecule has 0 bridgehead atoms. The number of ether oxygens (including phenoxy) is 2. The number of hydrogen-bond acceptors (Lipinski definition) is 4. The van der Waals surface area contributed by atoms with Crippen LogP contribution in [-0.4, -0.2) is 43.7 Å². The molecule has 0 unspecified atom stereocenters. The van der Waals surface area contributed by atoms with Gasteiger partial charge in [0.1, 0.15) is 5.92 Å². The number of carbonyl (C=O) groups excluding carboxylic acids is 2. The maximum Gasteiger partial charge on any atom is 0.355 e. The van der Waals surface area contributed by atoms with Crippen LogP contribution in [0.3, 0.4) is 0 Å².